The first-order valence-corrected chi connectivity index (χ1v) is 4.93. The zero-order valence-electron chi connectivity index (χ0n) is 9.99. The molecule has 0 fully saturated rings. The first kappa shape index (κ1) is 15.9. The van der Waals surface area contributed by atoms with Gasteiger partial charge in [0.25, 0.3) is 0 Å². The minimum Gasteiger partial charge on any atom is -0.493 e. The average molecular weight is 307 g/mol. The van der Waals surface area contributed by atoms with Crippen molar-refractivity contribution in [2.24, 2.45) is 5.41 Å². The fourth-order valence-corrected chi connectivity index (χ4v) is 1.47. The lowest BCUT2D eigenvalue weighted by molar-refractivity contribution is -0.146. The van der Waals surface area contributed by atoms with Crippen LogP contribution >= 0.6 is 17.0 Å². The first-order valence-electron chi connectivity index (χ1n) is 4.93. The number of hydrogen-bond donors (Lipinski definition) is 1. The zero-order chi connectivity index (χ0) is 12.3. The molecule has 1 rings (SSSR count). The minimum absolute atomic E-state index is 0. The number of carboxylic acids is 1. The van der Waals surface area contributed by atoms with E-state index in [1.807, 2.05) is 0 Å². The Kier molecular flexibility index (Phi) is 5.61. The van der Waals surface area contributed by atoms with Gasteiger partial charge in [0.1, 0.15) is 0 Å². The molecule has 96 valence electrons. The summed E-state index contributed by atoms with van der Waals surface area (Å²) in [6.45, 7) is 3.19. The molecule has 0 atom stereocenters. The number of aliphatic carboxylic acids is 1. The van der Waals surface area contributed by atoms with Gasteiger partial charge in [0.15, 0.2) is 11.6 Å². The molecule has 0 heterocycles. The molecule has 17 heavy (non-hydrogen) atoms. The van der Waals surface area contributed by atoms with Crippen LogP contribution in [0, 0.1) is 11.2 Å². The third-order valence-electron chi connectivity index (χ3n) is 2.46. The van der Waals surface area contributed by atoms with Gasteiger partial charge < -0.3 is 9.84 Å². The fraction of sp³-hybridized carbons (Fsp3) is 0.417. The molecule has 1 aromatic carbocycles. The molecule has 1 N–H and O–H groups in total. The summed E-state index contributed by atoms with van der Waals surface area (Å²) in [4.78, 5) is 11.0. The SMILES string of the molecule is Br.COc1c(F)cccc1CC(C)(C)C(=O)O. The second kappa shape index (κ2) is 6.00. The van der Waals surface area contributed by atoms with Gasteiger partial charge >= 0.3 is 5.97 Å². The monoisotopic (exact) mass is 306 g/mol. The Morgan fingerprint density at radius 3 is 2.53 bits per heavy atom. The number of ether oxygens (including phenoxy) is 1. The predicted octanol–water partition coefficient (Wildman–Crippen LogP) is 3.07. The van der Waals surface area contributed by atoms with Crippen molar-refractivity contribution in [3.63, 3.8) is 0 Å². The van der Waals surface area contributed by atoms with Crippen molar-refractivity contribution < 1.29 is 19.0 Å². The molecule has 0 bridgehead atoms. The van der Waals surface area contributed by atoms with E-state index >= 15 is 0 Å². The normalized spacial score (nSPS) is 10.6. The third kappa shape index (κ3) is 3.70. The quantitative estimate of drug-likeness (QED) is 0.930. The van der Waals surface area contributed by atoms with Crippen LogP contribution in [0.15, 0.2) is 18.2 Å². The van der Waals surface area contributed by atoms with Crippen molar-refractivity contribution in [2.45, 2.75) is 20.3 Å². The molecule has 5 heteroatoms. The van der Waals surface area contributed by atoms with Crippen molar-refractivity contribution in [1.29, 1.82) is 0 Å². The van der Waals surface area contributed by atoms with E-state index in [1.165, 1.54) is 13.2 Å². The summed E-state index contributed by atoms with van der Waals surface area (Å²) in [6, 6.07) is 4.51. The maximum Gasteiger partial charge on any atom is 0.309 e. The molecule has 1 aromatic rings. The molecule has 0 spiro atoms. The van der Waals surface area contributed by atoms with Gasteiger partial charge in [-0.3, -0.25) is 4.79 Å². The van der Waals surface area contributed by atoms with E-state index in [2.05, 4.69) is 0 Å². The predicted molar refractivity (Wildman–Crippen MR) is 68.4 cm³/mol. The lowest BCUT2D eigenvalue weighted by atomic mass is 9.85. The topological polar surface area (TPSA) is 46.5 Å². The lowest BCUT2D eigenvalue weighted by Gasteiger charge is -2.20. The Hall–Kier alpha value is -1.10. The van der Waals surface area contributed by atoms with Crippen LogP contribution < -0.4 is 4.74 Å². The number of hydrogen-bond acceptors (Lipinski definition) is 2. The number of carboxylic acid groups (broad SMARTS) is 1. The van der Waals surface area contributed by atoms with Crippen LogP contribution in [-0.4, -0.2) is 18.2 Å². The second-order valence-corrected chi connectivity index (χ2v) is 4.30. The standard InChI is InChI=1S/C12H15FO3.BrH/c1-12(2,11(14)15)7-8-5-4-6-9(13)10(8)16-3;/h4-6H,7H2,1-3H3,(H,14,15);1H. The highest BCUT2D eigenvalue weighted by molar-refractivity contribution is 8.93. The summed E-state index contributed by atoms with van der Waals surface area (Å²) in [6.07, 6.45) is 0.225. The summed E-state index contributed by atoms with van der Waals surface area (Å²) in [5, 5.41) is 9.00. The van der Waals surface area contributed by atoms with Crippen LogP contribution in [0.1, 0.15) is 19.4 Å². The molecule has 0 aliphatic carbocycles. The van der Waals surface area contributed by atoms with Gasteiger partial charge in [0.2, 0.25) is 0 Å². The molecule has 0 aromatic heterocycles. The van der Waals surface area contributed by atoms with Gasteiger partial charge in [-0.1, -0.05) is 12.1 Å². The zero-order valence-corrected chi connectivity index (χ0v) is 11.7. The molecule has 0 unspecified atom stereocenters. The largest absolute Gasteiger partial charge is 0.493 e. The van der Waals surface area contributed by atoms with Gasteiger partial charge in [-0.05, 0) is 31.9 Å². The molecule has 0 aliphatic heterocycles. The first-order chi connectivity index (χ1) is 7.38. The minimum atomic E-state index is -0.943. The number of rotatable bonds is 4. The van der Waals surface area contributed by atoms with E-state index in [1.54, 1.807) is 26.0 Å². The van der Waals surface area contributed by atoms with Crippen LogP contribution in [0.3, 0.4) is 0 Å². The molecule has 0 radical (unpaired) electrons. The van der Waals surface area contributed by atoms with Gasteiger partial charge in [-0.15, -0.1) is 17.0 Å². The van der Waals surface area contributed by atoms with Gasteiger partial charge in [0, 0.05) is 0 Å². The summed E-state index contributed by atoms with van der Waals surface area (Å²) < 4.78 is 18.3. The number of carbonyl (C=O) groups is 1. The van der Waals surface area contributed by atoms with Crippen molar-refractivity contribution in [2.75, 3.05) is 7.11 Å². The summed E-state index contributed by atoms with van der Waals surface area (Å²) in [5.41, 5.74) is -0.379. The highest BCUT2D eigenvalue weighted by atomic mass is 79.9. The molecule has 0 amide bonds. The van der Waals surface area contributed by atoms with Crippen molar-refractivity contribution in [3.05, 3.63) is 29.6 Å². The van der Waals surface area contributed by atoms with E-state index < -0.39 is 17.2 Å². The molecule has 3 nitrogen and oxygen atoms in total. The van der Waals surface area contributed by atoms with Gasteiger partial charge in [-0.25, -0.2) is 4.39 Å². The fourth-order valence-electron chi connectivity index (χ4n) is 1.47. The Balaban J connectivity index is 0.00000256. The van der Waals surface area contributed by atoms with E-state index in [4.69, 9.17) is 9.84 Å². The van der Waals surface area contributed by atoms with Crippen molar-refractivity contribution in [3.8, 4) is 5.75 Å². The van der Waals surface area contributed by atoms with E-state index in [9.17, 15) is 9.18 Å². The summed E-state index contributed by atoms with van der Waals surface area (Å²) in [5.74, 6) is -1.27. The molecular weight excluding hydrogens is 291 g/mol. The van der Waals surface area contributed by atoms with E-state index in [-0.39, 0.29) is 29.2 Å². The molecule has 0 saturated heterocycles. The van der Waals surface area contributed by atoms with Crippen LogP contribution in [0.2, 0.25) is 0 Å². The Morgan fingerprint density at radius 2 is 2.06 bits per heavy atom. The highest BCUT2D eigenvalue weighted by Crippen LogP contribution is 2.29. The molecule has 0 saturated carbocycles. The Morgan fingerprint density at radius 1 is 1.47 bits per heavy atom. The number of methoxy groups -OCH3 is 1. The summed E-state index contributed by atoms with van der Waals surface area (Å²) in [7, 11) is 1.37. The van der Waals surface area contributed by atoms with Crippen LogP contribution in [0.25, 0.3) is 0 Å². The van der Waals surface area contributed by atoms with Crippen LogP contribution in [0.5, 0.6) is 5.75 Å². The number of benzene rings is 1. The van der Waals surface area contributed by atoms with Gasteiger partial charge in [-0.2, -0.15) is 0 Å². The maximum absolute atomic E-state index is 13.4. The number of para-hydroxylation sites is 1. The molecular formula is C12H16BrFO3. The maximum atomic E-state index is 13.4. The summed E-state index contributed by atoms with van der Waals surface area (Å²) >= 11 is 0. The highest BCUT2D eigenvalue weighted by Gasteiger charge is 2.29. The van der Waals surface area contributed by atoms with Crippen LogP contribution in [-0.2, 0) is 11.2 Å². The Bertz CT molecular complexity index is 405. The van der Waals surface area contributed by atoms with Crippen LogP contribution in [0.4, 0.5) is 4.39 Å². The van der Waals surface area contributed by atoms with Crippen molar-refractivity contribution >= 4 is 23.0 Å². The average Bonchev–Trinajstić information content (AvgIpc) is 2.17. The smallest absolute Gasteiger partial charge is 0.309 e. The van der Waals surface area contributed by atoms with Crippen molar-refractivity contribution in [1.82, 2.24) is 0 Å². The second-order valence-electron chi connectivity index (χ2n) is 4.30. The molecule has 0 aliphatic rings. The third-order valence-corrected chi connectivity index (χ3v) is 2.46. The van der Waals surface area contributed by atoms with E-state index in [0.717, 1.165) is 0 Å². The van der Waals surface area contributed by atoms with Gasteiger partial charge in [0.05, 0.1) is 12.5 Å². The van der Waals surface area contributed by atoms with E-state index in [0.29, 0.717) is 5.56 Å². The lowest BCUT2D eigenvalue weighted by Crippen LogP contribution is -2.26. The number of halogens is 2. The Labute approximate surface area is 110 Å².